The molecule has 2 aromatic heterocycles. The van der Waals surface area contributed by atoms with Crippen molar-refractivity contribution >= 4 is 29.4 Å². The van der Waals surface area contributed by atoms with Gasteiger partial charge in [0, 0.05) is 12.2 Å². The fraction of sp³-hybridized carbons (Fsp3) is 0.158. The number of carbonyl (C=O) groups excluding carboxylic acids is 2. The minimum atomic E-state index is -0.584. The van der Waals surface area contributed by atoms with Crippen LogP contribution in [0, 0.1) is 6.92 Å². The zero-order chi connectivity index (χ0) is 19.9. The van der Waals surface area contributed by atoms with Crippen molar-refractivity contribution in [2.45, 2.75) is 18.6 Å². The van der Waals surface area contributed by atoms with Crippen LogP contribution >= 0.6 is 11.8 Å². The first-order valence-electron chi connectivity index (χ1n) is 8.45. The number of anilines is 1. The highest BCUT2D eigenvalue weighted by molar-refractivity contribution is 7.99. The summed E-state index contributed by atoms with van der Waals surface area (Å²) < 4.78 is 7.17. The van der Waals surface area contributed by atoms with Crippen molar-refractivity contribution in [3.05, 3.63) is 61.1 Å². The Bertz CT molecular complexity index is 981. The van der Waals surface area contributed by atoms with Gasteiger partial charge < -0.3 is 9.73 Å². The Hall–Kier alpha value is -3.33. The predicted octanol–water partition coefficient (Wildman–Crippen LogP) is 3.47. The summed E-state index contributed by atoms with van der Waals surface area (Å²) in [5.41, 5.74) is 1.43. The number of imide groups is 1. The van der Waals surface area contributed by atoms with E-state index in [-0.39, 0.29) is 5.75 Å². The van der Waals surface area contributed by atoms with Crippen molar-refractivity contribution in [3.8, 4) is 11.4 Å². The van der Waals surface area contributed by atoms with Gasteiger partial charge in [0.2, 0.25) is 5.91 Å². The Balaban J connectivity index is 1.61. The molecule has 0 bridgehead atoms. The Labute approximate surface area is 166 Å². The molecule has 0 saturated heterocycles. The smallest absolute Gasteiger partial charge is 0.325 e. The molecule has 8 nitrogen and oxygen atoms in total. The standard InChI is InChI=1S/C19H19N5O3S/c1-3-10-24-17(15-9-11-27-13(15)2)22-23-19(24)28-12-16(25)21-18(26)20-14-7-5-4-6-8-14/h3-9,11H,1,10,12H2,2H3,(H2,20,21,25,26). The highest BCUT2D eigenvalue weighted by Gasteiger charge is 2.18. The third-order valence-corrected chi connectivity index (χ3v) is 4.71. The van der Waals surface area contributed by atoms with Crippen LogP contribution < -0.4 is 10.6 Å². The topological polar surface area (TPSA) is 102 Å². The summed E-state index contributed by atoms with van der Waals surface area (Å²) in [5, 5.41) is 13.8. The summed E-state index contributed by atoms with van der Waals surface area (Å²) in [7, 11) is 0. The summed E-state index contributed by atoms with van der Waals surface area (Å²) in [6.07, 6.45) is 3.31. The van der Waals surface area contributed by atoms with E-state index >= 15 is 0 Å². The number of carbonyl (C=O) groups is 2. The number of nitrogens with one attached hydrogen (secondary N) is 2. The first-order valence-corrected chi connectivity index (χ1v) is 9.44. The van der Waals surface area contributed by atoms with Crippen LogP contribution in [0.15, 0.2) is 64.9 Å². The lowest BCUT2D eigenvalue weighted by molar-refractivity contribution is -0.117. The monoisotopic (exact) mass is 397 g/mol. The molecule has 0 unspecified atom stereocenters. The van der Waals surface area contributed by atoms with Crippen molar-refractivity contribution in [1.29, 1.82) is 0 Å². The molecule has 0 aliphatic heterocycles. The van der Waals surface area contributed by atoms with E-state index in [1.165, 1.54) is 11.8 Å². The molecule has 144 valence electrons. The van der Waals surface area contributed by atoms with Crippen LogP contribution in [0.1, 0.15) is 5.76 Å². The quantitative estimate of drug-likeness (QED) is 0.467. The SMILES string of the molecule is C=CCn1c(SCC(=O)NC(=O)Nc2ccccc2)nnc1-c1ccoc1C. The molecule has 0 spiro atoms. The van der Waals surface area contributed by atoms with E-state index in [4.69, 9.17) is 4.42 Å². The van der Waals surface area contributed by atoms with Gasteiger partial charge in [-0.2, -0.15) is 0 Å². The number of hydrogen-bond acceptors (Lipinski definition) is 6. The van der Waals surface area contributed by atoms with Gasteiger partial charge in [0.15, 0.2) is 11.0 Å². The van der Waals surface area contributed by atoms with Gasteiger partial charge in [-0.1, -0.05) is 36.0 Å². The number of hydrogen-bond donors (Lipinski definition) is 2. The second-order valence-electron chi connectivity index (χ2n) is 5.75. The normalized spacial score (nSPS) is 10.5. The van der Waals surface area contributed by atoms with Crippen LogP contribution in [0.5, 0.6) is 0 Å². The molecule has 0 radical (unpaired) electrons. The summed E-state index contributed by atoms with van der Waals surface area (Å²) in [6, 6.07) is 10.1. The van der Waals surface area contributed by atoms with E-state index in [9.17, 15) is 9.59 Å². The van der Waals surface area contributed by atoms with E-state index in [2.05, 4.69) is 27.4 Å². The lowest BCUT2D eigenvalue weighted by Gasteiger charge is -2.08. The first kappa shape index (κ1) is 19.4. The number of furan rings is 1. The molecule has 0 aliphatic rings. The van der Waals surface area contributed by atoms with E-state index in [1.54, 1.807) is 36.6 Å². The van der Waals surface area contributed by atoms with E-state index < -0.39 is 11.9 Å². The number of rotatable bonds is 7. The van der Waals surface area contributed by atoms with Gasteiger partial charge in [-0.25, -0.2) is 4.79 Å². The van der Waals surface area contributed by atoms with Crippen LogP contribution in [0.25, 0.3) is 11.4 Å². The molecule has 0 atom stereocenters. The number of aryl methyl sites for hydroxylation is 1. The number of nitrogens with zero attached hydrogens (tertiary/aromatic N) is 3. The third-order valence-electron chi connectivity index (χ3n) is 3.75. The maximum Gasteiger partial charge on any atom is 0.325 e. The summed E-state index contributed by atoms with van der Waals surface area (Å²) in [5.74, 6) is 0.940. The lowest BCUT2D eigenvalue weighted by atomic mass is 10.2. The van der Waals surface area contributed by atoms with E-state index in [0.717, 1.165) is 11.3 Å². The van der Waals surface area contributed by atoms with Crippen LogP contribution in [0.4, 0.5) is 10.5 Å². The van der Waals surface area contributed by atoms with Crippen molar-refractivity contribution in [1.82, 2.24) is 20.1 Å². The lowest BCUT2D eigenvalue weighted by Crippen LogP contribution is -2.35. The van der Waals surface area contributed by atoms with Gasteiger partial charge in [-0.3, -0.25) is 14.7 Å². The average molecular weight is 397 g/mol. The molecule has 0 aliphatic carbocycles. The Morgan fingerprint density at radius 3 is 2.71 bits per heavy atom. The molecule has 1 aromatic carbocycles. The fourth-order valence-corrected chi connectivity index (χ4v) is 3.23. The molecule has 9 heteroatoms. The number of thioether (sulfide) groups is 1. The number of aromatic nitrogens is 3. The third kappa shape index (κ3) is 4.68. The van der Waals surface area contributed by atoms with Crippen molar-refractivity contribution < 1.29 is 14.0 Å². The fourth-order valence-electron chi connectivity index (χ4n) is 2.48. The maximum atomic E-state index is 12.1. The molecular weight excluding hydrogens is 378 g/mol. The van der Waals surface area contributed by atoms with Crippen molar-refractivity contribution in [2.24, 2.45) is 0 Å². The van der Waals surface area contributed by atoms with Gasteiger partial charge in [0.05, 0.1) is 17.6 Å². The second kappa shape index (κ2) is 9.05. The molecular formula is C19H19N5O3S. The molecule has 2 N–H and O–H groups in total. The summed E-state index contributed by atoms with van der Waals surface area (Å²) in [6.45, 7) is 6.07. The van der Waals surface area contributed by atoms with Crippen LogP contribution in [-0.2, 0) is 11.3 Å². The van der Waals surface area contributed by atoms with Gasteiger partial charge in [0.1, 0.15) is 5.76 Å². The van der Waals surface area contributed by atoms with Crippen LogP contribution in [-0.4, -0.2) is 32.5 Å². The molecule has 3 rings (SSSR count). The first-order chi connectivity index (χ1) is 13.6. The maximum absolute atomic E-state index is 12.1. The Morgan fingerprint density at radius 1 is 1.25 bits per heavy atom. The van der Waals surface area contributed by atoms with Crippen LogP contribution in [0.2, 0.25) is 0 Å². The molecule has 28 heavy (non-hydrogen) atoms. The molecule has 2 heterocycles. The van der Waals surface area contributed by atoms with Gasteiger partial charge in [0.25, 0.3) is 0 Å². The van der Waals surface area contributed by atoms with Crippen LogP contribution in [0.3, 0.4) is 0 Å². The molecule has 3 aromatic rings. The van der Waals surface area contributed by atoms with Gasteiger partial charge in [-0.15, -0.1) is 16.8 Å². The molecule has 0 saturated carbocycles. The zero-order valence-electron chi connectivity index (χ0n) is 15.2. The minimum absolute atomic E-state index is 0.0157. The zero-order valence-corrected chi connectivity index (χ0v) is 16.0. The number of urea groups is 1. The average Bonchev–Trinajstić information content (AvgIpc) is 3.27. The summed E-state index contributed by atoms with van der Waals surface area (Å²) in [4.78, 5) is 24.0. The van der Waals surface area contributed by atoms with Crippen molar-refractivity contribution in [2.75, 3.05) is 11.1 Å². The highest BCUT2D eigenvalue weighted by Crippen LogP contribution is 2.27. The van der Waals surface area contributed by atoms with Gasteiger partial charge >= 0.3 is 6.03 Å². The second-order valence-corrected chi connectivity index (χ2v) is 6.70. The predicted molar refractivity (Wildman–Crippen MR) is 107 cm³/mol. The Morgan fingerprint density at radius 2 is 2.04 bits per heavy atom. The van der Waals surface area contributed by atoms with Crippen molar-refractivity contribution in [3.63, 3.8) is 0 Å². The van der Waals surface area contributed by atoms with Gasteiger partial charge in [-0.05, 0) is 25.1 Å². The molecule has 3 amide bonds. The molecule has 0 fully saturated rings. The number of benzene rings is 1. The minimum Gasteiger partial charge on any atom is -0.469 e. The van der Waals surface area contributed by atoms with E-state index in [1.807, 2.05) is 23.6 Å². The number of para-hydroxylation sites is 1. The highest BCUT2D eigenvalue weighted by atomic mass is 32.2. The summed E-state index contributed by atoms with van der Waals surface area (Å²) >= 11 is 1.19. The largest absolute Gasteiger partial charge is 0.469 e. The number of amides is 3. The van der Waals surface area contributed by atoms with E-state index in [0.29, 0.717) is 23.2 Å². The Kier molecular flexibility index (Phi) is 6.28. The number of allylic oxidation sites excluding steroid dienone is 1.